The van der Waals surface area contributed by atoms with E-state index in [4.69, 9.17) is 4.74 Å². The molecule has 1 N–H and O–H groups in total. The van der Waals surface area contributed by atoms with Crippen LogP contribution in [-0.2, 0) is 11.3 Å². The maximum atomic E-state index is 12.8. The van der Waals surface area contributed by atoms with Crippen molar-refractivity contribution in [3.63, 3.8) is 0 Å². The highest BCUT2D eigenvalue weighted by Crippen LogP contribution is 2.25. The van der Waals surface area contributed by atoms with Gasteiger partial charge in [-0.25, -0.2) is 0 Å². The summed E-state index contributed by atoms with van der Waals surface area (Å²) in [5, 5.41) is 2.98. The van der Waals surface area contributed by atoms with Crippen LogP contribution in [0.5, 0.6) is 5.75 Å². The standard InChI is InChI=1S/C25H32N2O3/c1-16(2)21-9-6-17(3)23(14-21)30-18(4)25(29)27(5)15-19-7-10-20(11-8-19)24(28)26-22-12-13-22/h6-11,14,16,18,22H,12-13,15H2,1-5H3,(H,26,28). The molecule has 1 aliphatic carbocycles. The van der Waals surface area contributed by atoms with E-state index in [0.29, 0.717) is 24.1 Å². The normalized spacial score (nSPS) is 14.3. The molecule has 30 heavy (non-hydrogen) atoms. The second kappa shape index (κ2) is 9.33. The van der Waals surface area contributed by atoms with Crippen molar-refractivity contribution in [2.75, 3.05) is 7.05 Å². The summed E-state index contributed by atoms with van der Waals surface area (Å²) in [6, 6.07) is 13.9. The molecule has 1 fully saturated rings. The van der Waals surface area contributed by atoms with Crippen LogP contribution < -0.4 is 10.1 Å². The van der Waals surface area contributed by atoms with E-state index >= 15 is 0 Å². The van der Waals surface area contributed by atoms with Crippen LogP contribution in [0.3, 0.4) is 0 Å². The van der Waals surface area contributed by atoms with Crippen molar-refractivity contribution in [2.24, 2.45) is 0 Å². The van der Waals surface area contributed by atoms with Crippen LogP contribution in [0.15, 0.2) is 42.5 Å². The summed E-state index contributed by atoms with van der Waals surface area (Å²) in [5.41, 5.74) is 3.83. The summed E-state index contributed by atoms with van der Waals surface area (Å²) in [6.07, 6.45) is 1.55. The van der Waals surface area contributed by atoms with Crippen LogP contribution >= 0.6 is 0 Å². The molecule has 1 unspecified atom stereocenters. The zero-order valence-corrected chi connectivity index (χ0v) is 18.6. The summed E-state index contributed by atoms with van der Waals surface area (Å²) in [4.78, 5) is 26.6. The predicted molar refractivity (Wildman–Crippen MR) is 119 cm³/mol. The lowest BCUT2D eigenvalue weighted by Crippen LogP contribution is -2.37. The smallest absolute Gasteiger partial charge is 0.263 e. The molecular formula is C25H32N2O3. The topological polar surface area (TPSA) is 58.6 Å². The van der Waals surface area contributed by atoms with Gasteiger partial charge in [-0.15, -0.1) is 0 Å². The van der Waals surface area contributed by atoms with Crippen LogP contribution in [0, 0.1) is 6.92 Å². The number of carbonyl (C=O) groups excluding carboxylic acids is 2. The Hall–Kier alpha value is -2.82. The molecule has 0 spiro atoms. The number of nitrogens with one attached hydrogen (secondary N) is 1. The van der Waals surface area contributed by atoms with Crippen molar-refractivity contribution in [2.45, 2.75) is 65.1 Å². The summed E-state index contributed by atoms with van der Waals surface area (Å²) >= 11 is 0. The Morgan fingerprint density at radius 1 is 1.10 bits per heavy atom. The lowest BCUT2D eigenvalue weighted by Gasteiger charge is -2.23. The first-order chi connectivity index (χ1) is 14.2. The Balaban J connectivity index is 1.58. The van der Waals surface area contributed by atoms with E-state index in [1.165, 1.54) is 5.56 Å². The van der Waals surface area contributed by atoms with Gasteiger partial charge in [0.2, 0.25) is 0 Å². The van der Waals surface area contributed by atoms with Gasteiger partial charge in [0.1, 0.15) is 5.75 Å². The first kappa shape index (κ1) is 21.9. The van der Waals surface area contributed by atoms with Gasteiger partial charge in [0.25, 0.3) is 11.8 Å². The largest absolute Gasteiger partial charge is 0.481 e. The molecule has 2 aromatic rings. The van der Waals surface area contributed by atoms with Gasteiger partial charge in [-0.1, -0.05) is 38.1 Å². The molecule has 0 heterocycles. The van der Waals surface area contributed by atoms with Crippen LogP contribution in [0.1, 0.15) is 66.6 Å². The van der Waals surface area contributed by atoms with Gasteiger partial charge in [0.15, 0.2) is 6.10 Å². The Morgan fingerprint density at radius 2 is 1.77 bits per heavy atom. The molecule has 2 aromatic carbocycles. The van der Waals surface area contributed by atoms with Gasteiger partial charge < -0.3 is 15.0 Å². The minimum Gasteiger partial charge on any atom is -0.481 e. The average molecular weight is 409 g/mol. The number of rotatable bonds is 8. The predicted octanol–water partition coefficient (Wildman–Crippen LogP) is 4.44. The lowest BCUT2D eigenvalue weighted by molar-refractivity contribution is -0.137. The number of nitrogens with zero attached hydrogens (tertiary/aromatic N) is 1. The molecule has 0 radical (unpaired) electrons. The molecule has 2 amide bonds. The number of hydrogen-bond donors (Lipinski definition) is 1. The second-order valence-corrected chi connectivity index (χ2v) is 8.58. The van der Waals surface area contributed by atoms with E-state index < -0.39 is 6.10 Å². The SMILES string of the molecule is Cc1ccc(C(C)C)cc1OC(C)C(=O)N(C)Cc1ccc(C(=O)NC2CC2)cc1. The Morgan fingerprint density at radius 3 is 2.37 bits per heavy atom. The molecule has 5 nitrogen and oxygen atoms in total. The van der Waals surface area contributed by atoms with Crippen molar-refractivity contribution < 1.29 is 14.3 Å². The highest BCUT2D eigenvalue weighted by atomic mass is 16.5. The van der Waals surface area contributed by atoms with E-state index in [0.717, 1.165) is 29.7 Å². The third-order valence-corrected chi connectivity index (χ3v) is 5.46. The molecule has 3 rings (SSSR count). The minimum atomic E-state index is -0.584. The maximum Gasteiger partial charge on any atom is 0.263 e. The number of aryl methyl sites for hydroxylation is 1. The van der Waals surface area contributed by atoms with Crippen molar-refractivity contribution in [3.05, 3.63) is 64.7 Å². The maximum absolute atomic E-state index is 12.8. The zero-order chi connectivity index (χ0) is 21.8. The van der Waals surface area contributed by atoms with Gasteiger partial charge in [0, 0.05) is 25.2 Å². The molecule has 1 aliphatic rings. The number of benzene rings is 2. The molecular weight excluding hydrogens is 376 g/mol. The van der Waals surface area contributed by atoms with E-state index in [2.05, 4.69) is 25.2 Å². The van der Waals surface area contributed by atoms with Gasteiger partial charge in [-0.3, -0.25) is 9.59 Å². The van der Waals surface area contributed by atoms with Crippen LogP contribution in [-0.4, -0.2) is 35.9 Å². The van der Waals surface area contributed by atoms with Gasteiger partial charge >= 0.3 is 0 Å². The fraction of sp³-hybridized carbons (Fsp3) is 0.440. The first-order valence-corrected chi connectivity index (χ1v) is 10.7. The third-order valence-electron chi connectivity index (χ3n) is 5.46. The van der Waals surface area contributed by atoms with Crippen molar-refractivity contribution in [1.82, 2.24) is 10.2 Å². The van der Waals surface area contributed by atoms with E-state index in [1.807, 2.05) is 43.3 Å². The minimum absolute atomic E-state index is 0.0329. The number of hydrogen-bond acceptors (Lipinski definition) is 3. The van der Waals surface area contributed by atoms with Gasteiger partial charge in [-0.05, 0) is 67.5 Å². The summed E-state index contributed by atoms with van der Waals surface area (Å²) in [7, 11) is 1.77. The number of ether oxygens (including phenoxy) is 1. The average Bonchev–Trinajstić information content (AvgIpc) is 3.53. The fourth-order valence-corrected chi connectivity index (χ4v) is 3.26. The molecule has 160 valence electrons. The van der Waals surface area contributed by atoms with Gasteiger partial charge in [-0.2, -0.15) is 0 Å². The monoisotopic (exact) mass is 408 g/mol. The number of amides is 2. The van der Waals surface area contributed by atoms with E-state index in [1.54, 1.807) is 18.9 Å². The molecule has 1 saturated carbocycles. The van der Waals surface area contributed by atoms with E-state index in [9.17, 15) is 9.59 Å². The van der Waals surface area contributed by atoms with Crippen LogP contribution in [0.25, 0.3) is 0 Å². The summed E-state index contributed by atoms with van der Waals surface area (Å²) < 4.78 is 6.01. The molecule has 0 aromatic heterocycles. The first-order valence-electron chi connectivity index (χ1n) is 10.7. The van der Waals surface area contributed by atoms with Crippen molar-refractivity contribution in [1.29, 1.82) is 0 Å². The molecule has 0 aliphatic heterocycles. The van der Waals surface area contributed by atoms with Crippen molar-refractivity contribution in [3.8, 4) is 5.75 Å². The highest BCUT2D eigenvalue weighted by molar-refractivity contribution is 5.94. The summed E-state index contributed by atoms with van der Waals surface area (Å²) in [6.45, 7) is 8.50. The zero-order valence-electron chi connectivity index (χ0n) is 18.6. The highest BCUT2D eigenvalue weighted by Gasteiger charge is 2.24. The molecule has 0 bridgehead atoms. The fourth-order valence-electron chi connectivity index (χ4n) is 3.26. The number of likely N-dealkylation sites (N-methyl/N-ethyl adjacent to an activating group) is 1. The third kappa shape index (κ3) is 5.62. The molecule has 5 heteroatoms. The lowest BCUT2D eigenvalue weighted by atomic mass is 10.0. The molecule has 0 saturated heterocycles. The Labute approximate surface area is 179 Å². The number of carbonyl (C=O) groups is 2. The summed E-state index contributed by atoms with van der Waals surface area (Å²) in [5.74, 6) is 1.03. The van der Waals surface area contributed by atoms with E-state index in [-0.39, 0.29) is 11.8 Å². The van der Waals surface area contributed by atoms with Gasteiger partial charge in [0.05, 0.1) is 0 Å². The quantitative estimate of drug-likeness (QED) is 0.703. The second-order valence-electron chi connectivity index (χ2n) is 8.58. The van der Waals surface area contributed by atoms with Crippen LogP contribution in [0.4, 0.5) is 0 Å². The molecule has 1 atom stereocenters. The Kier molecular flexibility index (Phi) is 6.80. The Bertz CT molecular complexity index is 901. The van der Waals surface area contributed by atoms with Crippen LogP contribution in [0.2, 0.25) is 0 Å². The van der Waals surface area contributed by atoms with Crippen molar-refractivity contribution >= 4 is 11.8 Å².